The van der Waals surface area contributed by atoms with Gasteiger partial charge in [-0.2, -0.15) is 0 Å². The Kier molecular flexibility index (Phi) is 13.0. The van der Waals surface area contributed by atoms with Crippen molar-refractivity contribution in [2.24, 2.45) is 0 Å². The maximum absolute atomic E-state index is 10.7. The van der Waals surface area contributed by atoms with Crippen LogP contribution < -0.4 is 0 Å². The molecular formula is C6H15AlO9. The molecule has 2 radical (unpaired) electrons. The maximum atomic E-state index is 10.7. The first-order chi connectivity index (χ1) is 6.45. The molecule has 0 saturated heterocycles. The van der Waals surface area contributed by atoms with Crippen LogP contribution in [0.4, 0.5) is 0 Å². The Balaban J connectivity index is -0.000000845. The van der Waals surface area contributed by atoms with Gasteiger partial charge in [-0.3, -0.25) is 4.79 Å². The Hall–Kier alpha value is -0.278. The summed E-state index contributed by atoms with van der Waals surface area (Å²) >= 11 is 1.56. The van der Waals surface area contributed by atoms with E-state index >= 15 is 0 Å². The van der Waals surface area contributed by atoms with Crippen molar-refractivity contribution in [3.8, 4) is 0 Å². The second kappa shape index (κ2) is 9.91. The van der Waals surface area contributed by atoms with Gasteiger partial charge in [0.2, 0.25) is 0 Å². The zero-order valence-electron chi connectivity index (χ0n) is 8.15. The molecule has 0 aliphatic rings. The Morgan fingerprint density at radius 2 is 1.56 bits per heavy atom. The van der Waals surface area contributed by atoms with Gasteiger partial charge in [0.15, 0.2) is 6.10 Å². The normalized spacial score (nSPS) is 17.1. The molecule has 0 aliphatic heterocycles. The smallest absolute Gasteiger partial charge is 0.484 e. The van der Waals surface area contributed by atoms with Crippen LogP contribution in [0.2, 0.25) is 0 Å². The number of carbonyl (C=O) groups excluding carboxylic acids is 1. The molecule has 96 valence electrons. The van der Waals surface area contributed by atoms with Crippen molar-refractivity contribution in [3.63, 3.8) is 0 Å². The minimum atomic E-state index is -1.98. The van der Waals surface area contributed by atoms with Crippen molar-refractivity contribution in [2.45, 2.75) is 24.4 Å². The summed E-state index contributed by atoms with van der Waals surface area (Å²) in [5.74, 6) is -1.17. The first-order valence-corrected chi connectivity index (χ1v) is 4.16. The summed E-state index contributed by atoms with van der Waals surface area (Å²) in [7, 11) is 0. The minimum absolute atomic E-state index is 0. The lowest BCUT2D eigenvalue weighted by Gasteiger charge is -2.24. The number of aliphatic hydroxyl groups excluding tert-OH is 5. The summed E-state index contributed by atoms with van der Waals surface area (Å²) in [6.45, 7) is -0.805. The van der Waals surface area contributed by atoms with E-state index in [0.717, 1.165) is 0 Å². The molecule has 4 atom stereocenters. The quantitative estimate of drug-likeness (QED) is 0.303. The van der Waals surface area contributed by atoms with Crippen LogP contribution in [0.15, 0.2) is 0 Å². The Morgan fingerprint density at radius 3 is 1.88 bits per heavy atom. The van der Waals surface area contributed by atoms with Crippen molar-refractivity contribution in [2.75, 3.05) is 6.61 Å². The van der Waals surface area contributed by atoms with Gasteiger partial charge in [-0.15, -0.1) is 0 Å². The summed E-state index contributed by atoms with van der Waals surface area (Å²) < 4.78 is 4.01. The van der Waals surface area contributed by atoms with Gasteiger partial charge in [-0.1, -0.05) is 0 Å². The monoisotopic (exact) mass is 258 g/mol. The number of hydrogen-bond acceptors (Lipinski definition) is 7. The second-order valence-electron chi connectivity index (χ2n) is 2.61. The second-order valence-corrected chi connectivity index (χ2v) is 2.85. The first kappa shape index (κ1) is 21.1. The lowest BCUT2D eigenvalue weighted by molar-refractivity contribution is -0.161. The average Bonchev–Trinajstić information content (AvgIpc) is 2.23. The van der Waals surface area contributed by atoms with Gasteiger partial charge >= 0.3 is 22.6 Å². The van der Waals surface area contributed by atoms with Crippen LogP contribution in [0, 0.1) is 0 Å². The van der Waals surface area contributed by atoms with Gasteiger partial charge < -0.3 is 40.3 Å². The van der Waals surface area contributed by atoms with E-state index < -0.39 is 37.0 Å². The summed E-state index contributed by atoms with van der Waals surface area (Å²) in [6.07, 6.45) is -7.38. The van der Waals surface area contributed by atoms with Crippen LogP contribution in [0.3, 0.4) is 0 Å². The van der Waals surface area contributed by atoms with Crippen molar-refractivity contribution in [1.29, 1.82) is 0 Å². The first-order valence-electron chi connectivity index (χ1n) is 3.69. The van der Waals surface area contributed by atoms with Gasteiger partial charge in [0, 0.05) is 0 Å². The third-order valence-corrected chi connectivity index (χ3v) is 1.84. The number of hydrogen-bond donors (Lipinski definition) is 5. The standard InChI is InChI=1S/C6H12O7.Al.2H2O/c7-1-2(8)3(9)4(10)5(11)6(12)13;;;/h2-5,7-11H,1H2,(H,12,13);;2*1H2/q;+1;;/p-1/t2-,3-,4+,5-;;;/m1.../s1. The molecule has 9 N–H and O–H groups in total. The molecule has 0 unspecified atom stereocenters. The molecule has 10 heteroatoms. The highest BCUT2D eigenvalue weighted by Gasteiger charge is 2.34. The van der Waals surface area contributed by atoms with Gasteiger partial charge in [-0.25, -0.2) is 0 Å². The molecule has 0 aromatic rings. The summed E-state index contributed by atoms with van der Waals surface area (Å²) in [5, 5.41) is 44.5. The van der Waals surface area contributed by atoms with E-state index in [-0.39, 0.29) is 11.0 Å². The Bertz CT molecular complexity index is 189. The minimum Gasteiger partial charge on any atom is -0.626 e. The lowest BCUT2D eigenvalue weighted by atomic mass is 10.0. The van der Waals surface area contributed by atoms with E-state index in [0.29, 0.717) is 0 Å². The predicted octanol–water partition coefficient (Wildman–Crippen LogP) is -5.60. The number of rotatable bonds is 5. The fraction of sp³-hybridized carbons (Fsp3) is 0.833. The van der Waals surface area contributed by atoms with Crippen molar-refractivity contribution < 1.29 is 45.1 Å². The molecule has 0 amide bonds. The Labute approximate surface area is 99.3 Å². The number of aliphatic hydroxyl groups is 5. The third-order valence-electron chi connectivity index (χ3n) is 1.61. The van der Waals surface area contributed by atoms with E-state index in [2.05, 4.69) is 3.79 Å². The third kappa shape index (κ3) is 5.71. The highest BCUT2D eigenvalue weighted by Crippen LogP contribution is 2.05. The van der Waals surface area contributed by atoms with E-state index in [1.807, 2.05) is 0 Å². The van der Waals surface area contributed by atoms with Crippen molar-refractivity contribution in [3.05, 3.63) is 0 Å². The maximum Gasteiger partial charge on any atom is 0.484 e. The molecule has 0 fully saturated rings. The van der Waals surface area contributed by atoms with E-state index in [1.165, 1.54) is 0 Å². The average molecular weight is 258 g/mol. The predicted molar refractivity (Wildman–Crippen MR) is 50.2 cm³/mol. The molecule has 0 heterocycles. The summed E-state index contributed by atoms with van der Waals surface area (Å²) in [5.41, 5.74) is 0. The molecule has 0 rings (SSSR count). The topological polar surface area (TPSA) is 190 Å². The number of carbonyl (C=O) groups is 1. The van der Waals surface area contributed by atoms with Crippen LogP contribution in [0.5, 0.6) is 0 Å². The van der Waals surface area contributed by atoms with E-state index in [9.17, 15) is 4.79 Å². The largest absolute Gasteiger partial charge is 0.626 e. The van der Waals surface area contributed by atoms with Gasteiger partial charge in [-0.05, 0) is 0 Å². The van der Waals surface area contributed by atoms with Crippen LogP contribution in [0.1, 0.15) is 0 Å². The van der Waals surface area contributed by atoms with Crippen LogP contribution in [0.25, 0.3) is 0 Å². The molecule has 0 saturated carbocycles. The molecular weight excluding hydrogens is 243 g/mol. The molecule has 0 aromatic heterocycles. The molecule has 0 aliphatic carbocycles. The highest BCUT2D eigenvalue weighted by atomic mass is 27.1. The van der Waals surface area contributed by atoms with Crippen LogP contribution in [-0.4, -0.2) is 90.1 Å². The van der Waals surface area contributed by atoms with Gasteiger partial charge in [0.05, 0.1) is 6.61 Å². The zero-order chi connectivity index (χ0) is 11.3. The summed E-state index contributed by atoms with van der Waals surface area (Å²) in [6, 6.07) is 0. The van der Waals surface area contributed by atoms with E-state index in [4.69, 9.17) is 25.5 Å². The SMILES string of the molecule is O.O.O=C([O][Al])[C@H](O)[C@@H](O)[C@H](O)[C@H](O)CO. The van der Waals surface area contributed by atoms with Crippen LogP contribution in [-0.2, 0) is 8.58 Å². The van der Waals surface area contributed by atoms with Crippen molar-refractivity contribution >= 4 is 22.6 Å². The zero-order valence-corrected chi connectivity index (χ0v) is 9.30. The van der Waals surface area contributed by atoms with Crippen molar-refractivity contribution in [1.82, 2.24) is 0 Å². The van der Waals surface area contributed by atoms with E-state index in [1.54, 1.807) is 16.6 Å². The van der Waals surface area contributed by atoms with Crippen LogP contribution >= 0.6 is 0 Å². The molecule has 16 heavy (non-hydrogen) atoms. The Morgan fingerprint density at radius 1 is 1.12 bits per heavy atom. The molecule has 0 aromatic carbocycles. The fourth-order valence-corrected chi connectivity index (χ4v) is 0.871. The molecule has 0 bridgehead atoms. The highest BCUT2D eigenvalue weighted by molar-refractivity contribution is 6.06. The van der Waals surface area contributed by atoms with Gasteiger partial charge in [0.25, 0.3) is 0 Å². The molecule has 9 nitrogen and oxygen atoms in total. The lowest BCUT2D eigenvalue weighted by Crippen LogP contribution is -2.49. The summed E-state index contributed by atoms with van der Waals surface area (Å²) in [4.78, 5) is 10.7. The van der Waals surface area contributed by atoms with Gasteiger partial charge in [0.1, 0.15) is 18.3 Å². The molecule has 0 spiro atoms. The fourth-order valence-electron chi connectivity index (χ4n) is 0.732.